The topological polar surface area (TPSA) is 32.7 Å². The second-order valence-corrected chi connectivity index (χ2v) is 9.19. The van der Waals surface area contributed by atoms with Crippen LogP contribution in [-0.4, -0.2) is 36.2 Å². The highest BCUT2D eigenvalue weighted by Gasteiger charge is 2.41. The van der Waals surface area contributed by atoms with Crippen molar-refractivity contribution in [2.45, 2.75) is 24.9 Å². The van der Waals surface area contributed by atoms with Crippen molar-refractivity contribution in [3.05, 3.63) is 101 Å². The first-order valence-corrected chi connectivity index (χ1v) is 11.9. The van der Waals surface area contributed by atoms with E-state index in [9.17, 15) is 5.11 Å². The van der Waals surface area contributed by atoms with Gasteiger partial charge in [-0.3, -0.25) is 0 Å². The van der Waals surface area contributed by atoms with E-state index in [1.807, 2.05) is 60.7 Å². The molecular weight excluding hydrogens is 450 g/mol. The highest BCUT2D eigenvalue weighted by atomic mass is 79.9. The number of piperidine rings is 1. The molecule has 3 aromatic rings. The van der Waals surface area contributed by atoms with Gasteiger partial charge in [0.15, 0.2) is 0 Å². The molecule has 3 nitrogen and oxygen atoms in total. The lowest BCUT2D eigenvalue weighted by Crippen LogP contribution is -2.44. The highest BCUT2D eigenvalue weighted by Crippen LogP contribution is 2.41. The minimum Gasteiger partial charge on any atom is -0.494 e. The van der Waals surface area contributed by atoms with Gasteiger partial charge in [0.1, 0.15) is 11.4 Å². The Labute approximate surface area is 193 Å². The third-order valence-electron chi connectivity index (χ3n) is 6.31. The van der Waals surface area contributed by atoms with E-state index in [0.717, 1.165) is 66.9 Å². The molecule has 0 spiro atoms. The van der Waals surface area contributed by atoms with Crippen molar-refractivity contribution in [1.82, 2.24) is 4.90 Å². The van der Waals surface area contributed by atoms with Crippen LogP contribution in [-0.2, 0) is 5.60 Å². The summed E-state index contributed by atoms with van der Waals surface area (Å²) in [5.41, 5.74) is 1.03. The molecule has 1 aliphatic heterocycles. The molecule has 1 N–H and O–H groups in total. The number of aliphatic hydroxyl groups is 1. The van der Waals surface area contributed by atoms with Gasteiger partial charge in [-0.2, -0.15) is 0 Å². The Morgan fingerprint density at radius 3 is 1.94 bits per heavy atom. The maximum atomic E-state index is 12.0. The van der Waals surface area contributed by atoms with E-state index < -0.39 is 5.60 Å². The largest absolute Gasteiger partial charge is 0.494 e. The third kappa shape index (κ3) is 5.38. The monoisotopic (exact) mass is 479 g/mol. The summed E-state index contributed by atoms with van der Waals surface area (Å²) >= 11 is 3.45. The molecule has 1 fully saturated rings. The predicted molar refractivity (Wildman–Crippen MR) is 129 cm³/mol. The summed E-state index contributed by atoms with van der Waals surface area (Å²) in [6.45, 7) is 3.76. The summed E-state index contributed by atoms with van der Waals surface area (Å²) < 4.78 is 6.92. The van der Waals surface area contributed by atoms with Gasteiger partial charge in [0.05, 0.1) is 6.61 Å². The van der Waals surface area contributed by atoms with Gasteiger partial charge in [-0.15, -0.1) is 0 Å². The zero-order valence-corrected chi connectivity index (χ0v) is 19.4. The molecule has 1 heterocycles. The Morgan fingerprint density at radius 1 is 0.839 bits per heavy atom. The van der Waals surface area contributed by atoms with Crippen molar-refractivity contribution in [2.24, 2.45) is 5.92 Å². The van der Waals surface area contributed by atoms with E-state index in [1.54, 1.807) is 0 Å². The van der Waals surface area contributed by atoms with Crippen LogP contribution in [0.3, 0.4) is 0 Å². The molecule has 0 saturated carbocycles. The van der Waals surface area contributed by atoms with Crippen LogP contribution < -0.4 is 4.74 Å². The Morgan fingerprint density at radius 2 is 1.39 bits per heavy atom. The van der Waals surface area contributed by atoms with Crippen LogP contribution in [0.25, 0.3) is 0 Å². The van der Waals surface area contributed by atoms with Crippen molar-refractivity contribution in [1.29, 1.82) is 0 Å². The molecule has 1 aliphatic rings. The van der Waals surface area contributed by atoms with E-state index in [0.29, 0.717) is 0 Å². The lowest BCUT2D eigenvalue weighted by molar-refractivity contribution is -0.0146. The molecule has 0 unspecified atom stereocenters. The lowest BCUT2D eigenvalue weighted by Gasteiger charge is -2.42. The molecule has 1 saturated heterocycles. The van der Waals surface area contributed by atoms with Gasteiger partial charge in [0.25, 0.3) is 0 Å². The number of benzene rings is 3. The van der Waals surface area contributed by atoms with Gasteiger partial charge in [-0.25, -0.2) is 0 Å². The van der Waals surface area contributed by atoms with Crippen LogP contribution in [0.15, 0.2) is 89.4 Å². The van der Waals surface area contributed by atoms with Crippen molar-refractivity contribution in [3.63, 3.8) is 0 Å². The normalized spacial score (nSPS) is 15.7. The average molecular weight is 480 g/mol. The zero-order chi connectivity index (χ0) is 21.5. The van der Waals surface area contributed by atoms with Gasteiger partial charge < -0.3 is 14.7 Å². The number of nitrogens with zero attached hydrogens (tertiary/aromatic N) is 1. The van der Waals surface area contributed by atoms with E-state index in [4.69, 9.17) is 4.74 Å². The molecule has 4 rings (SSSR count). The Balaban J connectivity index is 1.33. The predicted octanol–water partition coefficient (Wildman–Crippen LogP) is 5.87. The highest BCUT2D eigenvalue weighted by molar-refractivity contribution is 9.10. The fraction of sp³-hybridized carbons (Fsp3) is 0.333. The van der Waals surface area contributed by atoms with Crippen molar-refractivity contribution >= 4 is 15.9 Å². The van der Waals surface area contributed by atoms with Gasteiger partial charge >= 0.3 is 0 Å². The minimum atomic E-state index is -0.945. The number of rotatable bonds is 8. The summed E-state index contributed by atoms with van der Waals surface area (Å²) in [7, 11) is 0. The summed E-state index contributed by atoms with van der Waals surface area (Å²) in [4.78, 5) is 2.50. The van der Waals surface area contributed by atoms with Crippen LogP contribution in [0.5, 0.6) is 5.75 Å². The molecule has 0 radical (unpaired) electrons. The van der Waals surface area contributed by atoms with Gasteiger partial charge in [0.2, 0.25) is 0 Å². The van der Waals surface area contributed by atoms with E-state index in [2.05, 4.69) is 45.1 Å². The summed E-state index contributed by atoms with van der Waals surface area (Å²) in [6.07, 6.45) is 2.96. The molecule has 3 aromatic carbocycles. The Bertz CT molecular complexity index is 883. The first-order chi connectivity index (χ1) is 15.2. The number of likely N-dealkylation sites (tertiary alicyclic amines) is 1. The maximum absolute atomic E-state index is 12.0. The third-order valence-corrected chi connectivity index (χ3v) is 6.84. The SMILES string of the molecule is OC(c1ccccc1)(c1ccccc1)C1CCN(CCCOc2ccc(Br)cc2)CC1. The van der Waals surface area contributed by atoms with Crippen LogP contribution in [0, 0.1) is 5.92 Å². The van der Waals surface area contributed by atoms with Crippen molar-refractivity contribution in [2.75, 3.05) is 26.2 Å². The first kappa shape index (κ1) is 22.1. The summed E-state index contributed by atoms with van der Waals surface area (Å²) in [6, 6.07) is 28.3. The van der Waals surface area contributed by atoms with Crippen LogP contribution >= 0.6 is 15.9 Å². The number of halogens is 1. The quantitative estimate of drug-likeness (QED) is 0.410. The van der Waals surface area contributed by atoms with Gasteiger partial charge in [0, 0.05) is 11.0 Å². The minimum absolute atomic E-state index is 0.201. The second kappa shape index (κ2) is 10.4. The fourth-order valence-corrected chi connectivity index (χ4v) is 4.87. The molecule has 0 bridgehead atoms. The summed E-state index contributed by atoms with van der Waals surface area (Å²) in [5.74, 6) is 1.12. The standard InChI is InChI=1S/C27H30BrNO2/c28-25-12-14-26(15-13-25)31-21-7-18-29-19-16-24(17-20-29)27(30,22-8-3-1-4-9-22)23-10-5-2-6-11-23/h1-6,8-15,24,30H,7,16-21H2. The van der Waals surface area contributed by atoms with E-state index >= 15 is 0 Å². The molecule has 0 aromatic heterocycles. The van der Waals surface area contributed by atoms with Gasteiger partial charge in [-0.1, -0.05) is 76.6 Å². The van der Waals surface area contributed by atoms with E-state index in [1.165, 1.54) is 0 Å². The fourth-order valence-electron chi connectivity index (χ4n) is 4.61. The molecule has 162 valence electrons. The lowest BCUT2D eigenvalue weighted by atomic mass is 9.72. The van der Waals surface area contributed by atoms with Crippen LogP contribution in [0.1, 0.15) is 30.4 Å². The molecule has 4 heteroatoms. The molecule has 0 aliphatic carbocycles. The summed E-state index contributed by atoms with van der Waals surface area (Å²) in [5, 5.41) is 12.0. The Hall–Kier alpha value is -2.14. The first-order valence-electron chi connectivity index (χ1n) is 11.1. The molecule has 0 amide bonds. The smallest absolute Gasteiger partial charge is 0.119 e. The maximum Gasteiger partial charge on any atom is 0.119 e. The number of ether oxygens (including phenoxy) is 1. The zero-order valence-electron chi connectivity index (χ0n) is 17.8. The van der Waals surface area contributed by atoms with Crippen molar-refractivity contribution in [3.8, 4) is 5.75 Å². The molecule has 31 heavy (non-hydrogen) atoms. The second-order valence-electron chi connectivity index (χ2n) is 8.27. The number of hydrogen-bond donors (Lipinski definition) is 1. The van der Waals surface area contributed by atoms with E-state index in [-0.39, 0.29) is 5.92 Å². The average Bonchev–Trinajstić information content (AvgIpc) is 2.84. The number of hydrogen-bond acceptors (Lipinski definition) is 3. The van der Waals surface area contributed by atoms with Gasteiger partial charge in [-0.05, 0) is 73.7 Å². The van der Waals surface area contributed by atoms with Crippen LogP contribution in [0.2, 0.25) is 0 Å². The molecular formula is C27H30BrNO2. The Kier molecular flexibility index (Phi) is 7.44. The van der Waals surface area contributed by atoms with Crippen LogP contribution in [0.4, 0.5) is 0 Å². The van der Waals surface area contributed by atoms with Crippen molar-refractivity contribution < 1.29 is 9.84 Å². The molecule has 0 atom stereocenters.